The van der Waals surface area contributed by atoms with Gasteiger partial charge in [-0.2, -0.15) is 5.01 Å². The van der Waals surface area contributed by atoms with E-state index in [9.17, 15) is 24.3 Å². The summed E-state index contributed by atoms with van der Waals surface area (Å²) >= 11 is 0. The number of ether oxygens (including phenoxy) is 1. The highest BCUT2D eigenvalue weighted by Gasteiger charge is 2.42. The number of ketones is 2. The molecule has 0 spiro atoms. The molecule has 1 amide bonds. The molecule has 1 aromatic heterocycles. The monoisotopic (exact) mass is 555 g/mol. The van der Waals surface area contributed by atoms with Crippen LogP contribution in [0.1, 0.15) is 37.9 Å². The predicted octanol–water partition coefficient (Wildman–Crippen LogP) is 5.13. The van der Waals surface area contributed by atoms with E-state index in [4.69, 9.17) is 4.74 Å². The van der Waals surface area contributed by atoms with Crippen molar-refractivity contribution in [2.75, 3.05) is 5.01 Å². The van der Waals surface area contributed by atoms with E-state index in [1.165, 1.54) is 12.1 Å². The fourth-order valence-corrected chi connectivity index (χ4v) is 4.89. The predicted molar refractivity (Wildman–Crippen MR) is 156 cm³/mol. The molecule has 3 aromatic carbocycles. The average Bonchev–Trinajstić information content (AvgIpc) is 3.44. The number of pyridine rings is 1. The minimum atomic E-state index is -1.21. The molecule has 0 saturated heterocycles. The van der Waals surface area contributed by atoms with E-state index < -0.39 is 23.4 Å². The minimum Gasteiger partial charge on any atom is -0.506 e. The first kappa shape index (κ1) is 26.3. The Kier molecular flexibility index (Phi) is 6.82. The number of rotatable bonds is 6. The molecule has 0 bridgehead atoms. The van der Waals surface area contributed by atoms with Gasteiger partial charge in [-0.05, 0) is 42.0 Å². The molecule has 0 fully saturated rings. The van der Waals surface area contributed by atoms with E-state index in [0.717, 1.165) is 5.01 Å². The van der Waals surface area contributed by atoms with Crippen LogP contribution in [0.5, 0.6) is 5.75 Å². The van der Waals surface area contributed by atoms with Gasteiger partial charge in [-0.3, -0.25) is 19.2 Å². The van der Waals surface area contributed by atoms with Gasteiger partial charge in [0.1, 0.15) is 22.9 Å². The van der Waals surface area contributed by atoms with Crippen LogP contribution >= 0.6 is 0 Å². The fourth-order valence-electron chi connectivity index (χ4n) is 4.89. The lowest BCUT2D eigenvalue weighted by Crippen LogP contribution is -2.21. The van der Waals surface area contributed by atoms with Crippen LogP contribution in [0.15, 0.2) is 114 Å². The molecular weight excluding hydrogens is 534 g/mol. The van der Waals surface area contributed by atoms with Crippen molar-refractivity contribution in [2.24, 2.45) is 5.10 Å². The Morgan fingerprint density at radius 1 is 0.833 bits per heavy atom. The second kappa shape index (κ2) is 10.9. The number of hydrogen-bond acceptors (Lipinski definition) is 8. The first-order chi connectivity index (χ1) is 20.5. The Morgan fingerprint density at radius 3 is 2.40 bits per heavy atom. The van der Waals surface area contributed by atoms with Gasteiger partial charge in [-0.15, -0.1) is 5.10 Å². The van der Waals surface area contributed by atoms with Gasteiger partial charge in [0.25, 0.3) is 18.3 Å². The number of aromatic hydroxyl groups is 1. The largest absolute Gasteiger partial charge is 0.506 e. The Labute approximate surface area is 239 Å². The first-order valence-corrected chi connectivity index (χ1v) is 12.9. The van der Waals surface area contributed by atoms with Crippen LogP contribution in [0.25, 0.3) is 17.0 Å². The van der Waals surface area contributed by atoms with Gasteiger partial charge in [0.2, 0.25) is 0 Å². The second-order valence-electron chi connectivity index (χ2n) is 9.45. The molecule has 9 nitrogen and oxygen atoms in total. The highest BCUT2D eigenvalue weighted by atomic mass is 16.5. The molecule has 4 aromatic rings. The van der Waals surface area contributed by atoms with Gasteiger partial charge in [0.05, 0.1) is 11.2 Å². The van der Waals surface area contributed by atoms with Crippen LogP contribution in [-0.4, -0.2) is 39.9 Å². The molecule has 1 aliphatic carbocycles. The highest BCUT2D eigenvalue weighted by molar-refractivity contribution is 6.30. The summed E-state index contributed by atoms with van der Waals surface area (Å²) < 4.78 is 4.90. The van der Waals surface area contributed by atoms with Crippen molar-refractivity contribution in [3.8, 4) is 5.75 Å². The normalized spacial score (nSPS) is 17.6. The molecular formula is C33H21N3O6. The molecule has 0 radical (unpaired) electrons. The standard InChI is InChI=1S/C33H21N3O6/c37-19-42-32-24(33(41)36(35-32)22-11-4-2-5-12-22)13-6-1-3-9-20-15-16-23-25(17-20)31(40)28(30(23)39)29-27(38)18-21-10-7-8-14-26(21)34-29/h1-19,28,38H/b6-1+,9-3+,24-13-. The van der Waals surface area contributed by atoms with E-state index in [-0.39, 0.29) is 40.5 Å². The number of Topliss-reactive ketones (excluding diaryl/α,β-unsaturated/α-hetero) is 2. The number of amides is 1. The fraction of sp³-hybridized carbons (Fsp3) is 0.0303. The quantitative estimate of drug-likeness (QED) is 0.151. The molecule has 0 saturated carbocycles. The lowest BCUT2D eigenvalue weighted by molar-refractivity contribution is -0.121. The SMILES string of the molecule is O=COC1=NN(c2ccccc2)C(=O)\C1=C/C=C/C=C/c1ccc2c(c1)C(=O)C(c1nc3ccccc3cc1O)C2=O. The van der Waals surface area contributed by atoms with Crippen LogP contribution in [0, 0.1) is 0 Å². The zero-order valence-corrected chi connectivity index (χ0v) is 21.9. The number of allylic oxidation sites excluding steroid dienone is 4. The third-order valence-corrected chi connectivity index (χ3v) is 6.88. The second-order valence-corrected chi connectivity index (χ2v) is 9.45. The van der Waals surface area contributed by atoms with Gasteiger partial charge < -0.3 is 9.84 Å². The topological polar surface area (TPSA) is 126 Å². The Morgan fingerprint density at radius 2 is 1.60 bits per heavy atom. The molecule has 1 unspecified atom stereocenters. The number of anilines is 1. The van der Waals surface area contributed by atoms with Crippen molar-refractivity contribution in [2.45, 2.75) is 5.92 Å². The zero-order chi connectivity index (χ0) is 29.2. The summed E-state index contributed by atoms with van der Waals surface area (Å²) in [7, 11) is 0. The van der Waals surface area contributed by atoms with E-state index >= 15 is 0 Å². The number of carbonyl (C=O) groups is 4. The van der Waals surface area contributed by atoms with Crippen LogP contribution in [0.4, 0.5) is 5.69 Å². The molecule has 1 aliphatic heterocycles. The van der Waals surface area contributed by atoms with E-state index in [0.29, 0.717) is 22.2 Å². The summed E-state index contributed by atoms with van der Waals surface area (Å²) in [5.41, 5.74) is 2.46. The Bertz CT molecular complexity index is 1910. The summed E-state index contributed by atoms with van der Waals surface area (Å²) in [4.78, 5) is 54.7. The van der Waals surface area contributed by atoms with Crippen LogP contribution in [-0.2, 0) is 14.3 Å². The number of aromatic nitrogens is 1. The third-order valence-electron chi connectivity index (χ3n) is 6.88. The number of benzene rings is 3. The number of hydrogen-bond donors (Lipinski definition) is 1. The summed E-state index contributed by atoms with van der Waals surface area (Å²) in [6, 6.07) is 22.3. The number of carbonyl (C=O) groups excluding carboxylic acids is 4. The molecule has 6 rings (SSSR count). The van der Waals surface area contributed by atoms with Gasteiger partial charge in [-0.1, -0.05) is 72.8 Å². The van der Waals surface area contributed by atoms with Crippen molar-refractivity contribution >= 4 is 52.5 Å². The molecule has 204 valence electrons. The Hall–Kier alpha value is -5.96. The molecule has 9 heteroatoms. The maximum absolute atomic E-state index is 13.3. The van der Waals surface area contributed by atoms with Gasteiger partial charge in [0.15, 0.2) is 11.6 Å². The van der Waals surface area contributed by atoms with Crippen LogP contribution in [0.2, 0.25) is 0 Å². The summed E-state index contributed by atoms with van der Waals surface area (Å²) in [5, 5.41) is 16.5. The van der Waals surface area contributed by atoms with Gasteiger partial charge >= 0.3 is 0 Å². The smallest absolute Gasteiger partial charge is 0.299 e. The lowest BCUT2D eigenvalue weighted by Gasteiger charge is -2.10. The molecule has 42 heavy (non-hydrogen) atoms. The van der Waals surface area contributed by atoms with Crippen molar-refractivity contribution in [1.29, 1.82) is 0 Å². The van der Waals surface area contributed by atoms with Crippen molar-refractivity contribution in [3.63, 3.8) is 0 Å². The average molecular weight is 556 g/mol. The van der Waals surface area contributed by atoms with Crippen LogP contribution < -0.4 is 5.01 Å². The van der Waals surface area contributed by atoms with Crippen LogP contribution in [0.3, 0.4) is 0 Å². The third kappa shape index (κ3) is 4.69. The molecule has 1 atom stereocenters. The summed E-state index contributed by atoms with van der Waals surface area (Å²) in [6.07, 6.45) is 8.16. The summed E-state index contributed by atoms with van der Waals surface area (Å²) in [6.45, 7) is 0.208. The highest BCUT2D eigenvalue weighted by Crippen LogP contribution is 2.38. The van der Waals surface area contributed by atoms with E-state index in [1.54, 1.807) is 85.0 Å². The summed E-state index contributed by atoms with van der Waals surface area (Å²) in [5.74, 6) is -2.80. The number of para-hydroxylation sites is 2. The molecule has 2 heterocycles. The number of fused-ring (bicyclic) bond motifs is 2. The van der Waals surface area contributed by atoms with Gasteiger partial charge in [-0.25, -0.2) is 4.98 Å². The van der Waals surface area contributed by atoms with Crippen molar-refractivity contribution < 1.29 is 29.0 Å². The lowest BCUT2D eigenvalue weighted by atomic mass is 9.97. The zero-order valence-electron chi connectivity index (χ0n) is 21.9. The maximum Gasteiger partial charge on any atom is 0.299 e. The van der Waals surface area contributed by atoms with E-state index in [2.05, 4.69) is 10.1 Å². The first-order valence-electron chi connectivity index (χ1n) is 12.9. The Balaban J connectivity index is 1.20. The van der Waals surface area contributed by atoms with Crippen molar-refractivity contribution in [3.05, 3.63) is 131 Å². The van der Waals surface area contributed by atoms with Gasteiger partial charge in [0, 0.05) is 16.5 Å². The van der Waals surface area contributed by atoms with Crippen molar-refractivity contribution in [1.82, 2.24) is 4.98 Å². The molecule has 1 N–H and O–H groups in total. The maximum atomic E-state index is 13.3. The van der Waals surface area contributed by atoms with E-state index in [1.807, 2.05) is 12.1 Å². The molecule has 2 aliphatic rings. The number of nitrogens with zero attached hydrogens (tertiary/aromatic N) is 3. The number of hydrazone groups is 1. The minimum absolute atomic E-state index is 0.0433.